The minimum Gasteiger partial charge on any atom is -0.394 e. The number of nitrogens with one attached hydrogen (secondary N) is 1. The van der Waals surface area contributed by atoms with Crippen LogP contribution in [0.1, 0.15) is 116 Å². The lowest BCUT2D eigenvalue weighted by Gasteiger charge is -2.40. The molecule has 0 aliphatic carbocycles. The average molecular weight is 606 g/mol. The van der Waals surface area contributed by atoms with Gasteiger partial charge in [-0.2, -0.15) is 0 Å². The molecule has 1 heterocycles. The van der Waals surface area contributed by atoms with Gasteiger partial charge in [-0.25, -0.2) is 0 Å². The summed E-state index contributed by atoms with van der Waals surface area (Å²) in [5.41, 5.74) is 0. The number of likely N-dealkylation sites (N-methyl/N-ethyl adjacent to an activating group) is 1. The van der Waals surface area contributed by atoms with E-state index in [-0.39, 0.29) is 12.5 Å². The predicted octanol–water partition coefficient (Wildman–Crippen LogP) is 3.01. The molecule has 0 spiro atoms. The molecule has 1 amide bonds. The highest BCUT2D eigenvalue weighted by molar-refractivity contribution is 5.75. The van der Waals surface area contributed by atoms with Crippen molar-refractivity contribution in [3.8, 4) is 0 Å². The Labute approximate surface area is 255 Å². The average Bonchev–Trinajstić information content (AvgIpc) is 2.95. The Bertz CT molecular complexity index is 666. The Morgan fingerprint density at radius 1 is 0.810 bits per heavy atom. The van der Waals surface area contributed by atoms with E-state index in [1.807, 2.05) is 14.1 Å². The third-order valence-corrected chi connectivity index (χ3v) is 8.28. The maximum absolute atomic E-state index is 12.2. The van der Waals surface area contributed by atoms with E-state index in [2.05, 4.69) is 12.2 Å². The van der Waals surface area contributed by atoms with Gasteiger partial charge in [0.2, 0.25) is 5.91 Å². The summed E-state index contributed by atoms with van der Waals surface area (Å²) in [4.78, 5) is 12.2. The van der Waals surface area contributed by atoms with Crippen LogP contribution in [0.4, 0.5) is 0 Å². The van der Waals surface area contributed by atoms with Crippen LogP contribution in [0.25, 0.3) is 0 Å². The minimum atomic E-state index is -1.51. The van der Waals surface area contributed by atoms with Crippen LogP contribution in [0.2, 0.25) is 0 Å². The molecule has 6 atom stereocenters. The quantitative estimate of drug-likeness (QED) is 0.0651. The molecule has 0 radical (unpaired) electrons. The fourth-order valence-electron chi connectivity index (χ4n) is 5.61. The largest absolute Gasteiger partial charge is 0.394 e. The molecule has 0 aromatic carbocycles. The second kappa shape index (κ2) is 23.5. The molecular weight excluding hydrogens is 540 g/mol. The van der Waals surface area contributed by atoms with Crippen molar-refractivity contribution in [3.63, 3.8) is 0 Å². The van der Waals surface area contributed by atoms with Gasteiger partial charge in [-0.3, -0.25) is 4.79 Å². The maximum Gasteiger partial charge on any atom is 0.219 e. The Kier molecular flexibility index (Phi) is 21.9. The lowest BCUT2D eigenvalue weighted by Crippen LogP contribution is -2.59. The van der Waals surface area contributed by atoms with Gasteiger partial charge < -0.3 is 44.8 Å². The van der Waals surface area contributed by atoms with Crippen molar-refractivity contribution in [2.24, 2.45) is 0 Å². The smallest absolute Gasteiger partial charge is 0.219 e. The summed E-state index contributed by atoms with van der Waals surface area (Å²) in [6.45, 7) is 3.31. The number of nitrogens with zero attached hydrogens (tertiary/aromatic N) is 1. The van der Waals surface area contributed by atoms with Crippen LogP contribution >= 0.6 is 0 Å². The number of hydrogen-bond donors (Lipinski definition) is 6. The first kappa shape index (κ1) is 39.2. The molecule has 1 rings (SSSR count). The summed E-state index contributed by atoms with van der Waals surface area (Å²) >= 11 is 0. The molecule has 0 aromatic heterocycles. The molecule has 1 aliphatic rings. The molecule has 10 heteroatoms. The van der Waals surface area contributed by atoms with Crippen LogP contribution in [0.3, 0.4) is 0 Å². The fraction of sp³-hybridized carbons (Fsp3) is 0.969. The van der Waals surface area contributed by atoms with Crippen molar-refractivity contribution in [1.82, 2.24) is 5.32 Å². The summed E-state index contributed by atoms with van der Waals surface area (Å²) in [5.74, 6) is 0.1000. The molecule has 10 nitrogen and oxygen atoms in total. The number of ether oxygens (including phenoxy) is 2. The van der Waals surface area contributed by atoms with Crippen LogP contribution in [0.15, 0.2) is 0 Å². The van der Waals surface area contributed by atoms with Crippen molar-refractivity contribution in [2.75, 3.05) is 46.9 Å². The standard InChI is InChI=1S/C32H64N2O8/c1-4-5-6-7-8-9-10-11-12-13-14-15-16-17-18-20-28(37)33-21-19-22-34(2,3)23-26(36)25-41-32-31(40)30(39)29(38)27(24-35)42-32/h26-27,29-32,35-36,38-40H,4-25H2,1-3H3/p+1. The van der Waals surface area contributed by atoms with Crippen LogP contribution in [0.5, 0.6) is 0 Å². The van der Waals surface area contributed by atoms with Crippen LogP contribution in [-0.2, 0) is 14.3 Å². The van der Waals surface area contributed by atoms with Crippen molar-refractivity contribution in [1.29, 1.82) is 0 Å². The number of aliphatic hydroxyl groups is 5. The molecule has 1 fully saturated rings. The van der Waals surface area contributed by atoms with E-state index in [9.17, 15) is 30.3 Å². The number of aliphatic hydroxyl groups excluding tert-OH is 5. The monoisotopic (exact) mass is 605 g/mol. The Hall–Kier alpha value is -0.850. The molecule has 0 bridgehead atoms. The second-order valence-corrected chi connectivity index (χ2v) is 12.9. The van der Waals surface area contributed by atoms with E-state index in [4.69, 9.17) is 9.47 Å². The summed E-state index contributed by atoms with van der Waals surface area (Å²) in [6, 6.07) is 0. The number of hydrogen-bond acceptors (Lipinski definition) is 8. The highest BCUT2D eigenvalue weighted by Crippen LogP contribution is 2.22. The van der Waals surface area contributed by atoms with Crippen LogP contribution in [-0.4, -0.2) is 120 Å². The van der Waals surface area contributed by atoms with Gasteiger partial charge in [0.15, 0.2) is 6.29 Å². The fourth-order valence-corrected chi connectivity index (χ4v) is 5.61. The lowest BCUT2D eigenvalue weighted by molar-refractivity contribution is -0.893. The molecule has 6 unspecified atom stereocenters. The molecule has 1 saturated heterocycles. The molecule has 6 N–H and O–H groups in total. The molecule has 0 aromatic rings. The van der Waals surface area contributed by atoms with Crippen LogP contribution < -0.4 is 5.32 Å². The van der Waals surface area contributed by atoms with E-state index < -0.39 is 43.4 Å². The minimum absolute atomic E-state index is 0.1000. The zero-order chi connectivity index (χ0) is 31.2. The lowest BCUT2D eigenvalue weighted by atomic mass is 9.99. The first-order valence-electron chi connectivity index (χ1n) is 16.8. The van der Waals surface area contributed by atoms with Gasteiger partial charge in [0.1, 0.15) is 37.1 Å². The molecule has 0 saturated carbocycles. The van der Waals surface area contributed by atoms with Gasteiger partial charge in [-0.1, -0.05) is 96.8 Å². The zero-order valence-electron chi connectivity index (χ0n) is 26.9. The van der Waals surface area contributed by atoms with E-state index in [0.29, 0.717) is 24.0 Å². The third-order valence-electron chi connectivity index (χ3n) is 8.28. The first-order valence-corrected chi connectivity index (χ1v) is 16.8. The van der Waals surface area contributed by atoms with Crippen molar-refractivity contribution in [2.45, 2.75) is 153 Å². The summed E-state index contributed by atoms with van der Waals surface area (Å²) in [5, 5.41) is 52.5. The second-order valence-electron chi connectivity index (χ2n) is 12.9. The molecule has 1 aliphatic heterocycles. The summed E-state index contributed by atoms with van der Waals surface area (Å²) < 4.78 is 11.3. The Balaban J connectivity index is 2.01. The van der Waals surface area contributed by atoms with Gasteiger partial charge in [0.05, 0.1) is 33.9 Å². The number of amides is 1. The maximum atomic E-state index is 12.2. The molecule has 42 heavy (non-hydrogen) atoms. The van der Waals surface area contributed by atoms with E-state index in [1.54, 1.807) is 0 Å². The SMILES string of the molecule is CCCCCCCCCCCCCCCCCC(=O)NCCC[N+](C)(C)CC(O)COC1OC(CO)C(O)C(O)C1O. The van der Waals surface area contributed by atoms with E-state index in [1.165, 1.54) is 83.5 Å². The van der Waals surface area contributed by atoms with Gasteiger partial charge in [-0.15, -0.1) is 0 Å². The van der Waals surface area contributed by atoms with Gasteiger partial charge in [-0.05, 0) is 6.42 Å². The molecule has 250 valence electrons. The van der Waals surface area contributed by atoms with Crippen molar-refractivity contribution >= 4 is 5.91 Å². The van der Waals surface area contributed by atoms with Gasteiger partial charge >= 0.3 is 0 Å². The van der Waals surface area contributed by atoms with Crippen molar-refractivity contribution in [3.05, 3.63) is 0 Å². The topological polar surface area (TPSA) is 149 Å². The number of unbranched alkanes of at least 4 members (excludes halogenated alkanes) is 14. The summed E-state index contributed by atoms with van der Waals surface area (Å²) in [6.07, 6.45) is 13.4. The highest BCUT2D eigenvalue weighted by Gasteiger charge is 2.44. The normalized spacial score (nSPS) is 23.7. The van der Waals surface area contributed by atoms with Gasteiger partial charge in [0.25, 0.3) is 0 Å². The Morgan fingerprint density at radius 2 is 1.33 bits per heavy atom. The summed E-state index contributed by atoms with van der Waals surface area (Å²) in [7, 11) is 3.96. The molecular formula is C32H65N2O8+. The van der Waals surface area contributed by atoms with Gasteiger partial charge in [0, 0.05) is 19.4 Å². The highest BCUT2D eigenvalue weighted by atomic mass is 16.7. The number of quaternary nitrogens is 1. The number of carbonyl (C=O) groups excluding carboxylic acids is 1. The third kappa shape index (κ3) is 18.1. The van der Waals surface area contributed by atoms with Crippen LogP contribution in [0, 0.1) is 0 Å². The number of carbonyl (C=O) groups is 1. The predicted molar refractivity (Wildman–Crippen MR) is 165 cm³/mol. The number of rotatable bonds is 26. The van der Waals surface area contributed by atoms with E-state index >= 15 is 0 Å². The van der Waals surface area contributed by atoms with E-state index in [0.717, 1.165) is 25.8 Å². The Morgan fingerprint density at radius 3 is 1.86 bits per heavy atom. The first-order chi connectivity index (χ1) is 20.1. The van der Waals surface area contributed by atoms with Crippen molar-refractivity contribution < 1.29 is 44.3 Å². The zero-order valence-corrected chi connectivity index (χ0v) is 26.9.